The maximum Gasteiger partial charge on any atom is 0.416 e. The van der Waals surface area contributed by atoms with Gasteiger partial charge in [0.05, 0.1) is 5.56 Å². The van der Waals surface area contributed by atoms with Crippen molar-refractivity contribution >= 4 is 0 Å². The molecule has 1 aromatic rings. The molecule has 0 saturated carbocycles. The van der Waals surface area contributed by atoms with Crippen molar-refractivity contribution in [1.29, 1.82) is 0 Å². The van der Waals surface area contributed by atoms with Crippen molar-refractivity contribution in [3.8, 4) is 12.3 Å². The second-order valence-corrected chi connectivity index (χ2v) is 4.79. The Morgan fingerprint density at radius 1 is 1.25 bits per heavy atom. The fourth-order valence-corrected chi connectivity index (χ4v) is 2.00. The van der Waals surface area contributed by atoms with E-state index in [1.165, 1.54) is 0 Å². The number of rotatable bonds is 7. The van der Waals surface area contributed by atoms with Gasteiger partial charge in [0.1, 0.15) is 0 Å². The maximum absolute atomic E-state index is 12.5. The van der Waals surface area contributed by atoms with Crippen molar-refractivity contribution in [3.05, 3.63) is 35.4 Å². The molecule has 110 valence electrons. The molecule has 0 aliphatic heterocycles. The average molecular weight is 283 g/mol. The van der Waals surface area contributed by atoms with Crippen LogP contribution in [-0.2, 0) is 12.6 Å². The first-order valence-electron chi connectivity index (χ1n) is 6.80. The third kappa shape index (κ3) is 5.66. The molecular weight excluding hydrogens is 263 g/mol. The van der Waals surface area contributed by atoms with E-state index in [9.17, 15) is 13.2 Å². The van der Waals surface area contributed by atoms with Crippen LogP contribution in [0, 0.1) is 12.3 Å². The van der Waals surface area contributed by atoms with Gasteiger partial charge in [0.15, 0.2) is 0 Å². The third-order valence-corrected chi connectivity index (χ3v) is 3.08. The SMILES string of the molecule is C#CCCC(Cc1ccc(C(F)(F)F)cc1)NCCC. The van der Waals surface area contributed by atoms with Crippen LogP contribution in [0.2, 0.25) is 0 Å². The Bertz CT molecular complexity index is 429. The fourth-order valence-electron chi connectivity index (χ4n) is 2.00. The molecule has 0 saturated heterocycles. The molecule has 0 radical (unpaired) electrons. The van der Waals surface area contributed by atoms with Gasteiger partial charge in [-0.2, -0.15) is 13.2 Å². The number of nitrogens with one attached hydrogen (secondary N) is 1. The minimum absolute atomic E-state index is 0.211. The molecule has 0 aliphatic rings. The predicted octanol–water partition coefficient (Wildman–Crippen LogP) is 4.03. The van der Waals surface area contributed by atoms with Crippen molar-refractivity contribution in [2.24, 2.45) is 0 Å². The lowest BCUT2D eigenvalue weighted by Gasteiger charge is -2.18. The van der Waals surface area contributed by atoms with Crippen LogP contribution in [0.15, 0.2) is 24.3 Å². The van der Waals surface area contributed by atoms with Gasteiger partial charge in [-0.25, -0.2) is 0 Å². The Balaban J connectivity index is 2.65. The van der Waals surface area contributed by atoms with Gasteiger partial charge >= 0.3 is 6.18 Å². The van der Waals surface area contributed by atoms with Crippen molar-refractivity contribution in [2.45, 2.75) is 44.8 Å². The Kier molecular flexibility index (Phi) is 6.60. The molecule has 20 heavy (non-hydrogen) atoms. The van der Waals surface area contributed by atoms with Crippen LogP contribution in [0.1, 0.15) is 37.3 Å². The van der Waals surface area contributed by atoms with Gasteiger partial charge in [-0.05, 0) is 43.5 Å². The molecule has 0 fully saturated rings. The molecule has 1 unspecified atom stereocenters. The zero-order valence-corrected chi connectivity index (χ0v) is 11.6. The van der Waals surface area contributed by atoms with Gasteiger partial charge in [0, 0.05) is 12.5 Å². The molecular formula is C16H20F3N. The van der Waals surface area contributed by atoms with Crippen LogP contribution in [-0.4, -0.2) is 12.6 Å². The van der Waals surface area contributed by atoms with E-state index in [2.05, 4.69) is 18.2 Å². The van der Waals surface area contributed by atoms with E-state index in [1.807, 2.05) is 0 Å². The van der Waals surface area contributed by atoms with E-state index >= 15 is 0 Å². The first-order chi connectivity index (χ1) is 9.47. The summed E-state index contributed by atoms with van der Waals surface area (Å²) in [5.41, 5.74) is 0.284. The van der Waals surface area contributed by atoms with Crippen LogP contribution in [0.4, 0.5) is 13.2 Å². The first kappa shape index (κ1) is 16.6. The zero-order chi connectivity index (χ0) is 15.0. The first-order valence-corrected chi connectivity index (χ1v) is 6.80. The Morgan fingerprint density at radius 2 is 1.90 bits per heavy atom. The largest absolute Gasteiger partial charge is 0.416 e. The summed E-state index contributed by atoms with van der Waals surface area (Å²) in [5, 5.41) is 3.38. The quantitative estimate of drug-likeness (QED) is 0.745. The zero-order valence-electron chi connectivity index (χ0n) is 11.6. The molecule has 1 atom stereocenters. The minimum Gasteiger partial charge on any atom is -0.314 e. The highest BCUT2D eigenvalue weighted by Gasteiger charge is 2.29. The number of alkyl halides is 3. The van der Waals surface area contributed by atoms with E-state index in [0.717, 1.165) is 37.1 Å². The average Bonchev–Trinajstić information content (AvgIpc) is 2.41. The van der Waals surface area contributed by atoms with Crippen LogP contribution in [0.25, 0.3) is 0 Å². The Morgan fingerprint density at radius 3 is 2.40 bits per heavy atom. The molecule has 1 N–H and O–H groups in total. The molecule has 0 heterocycles. The summed E-state index contributed by atoms with van der Waals surface area (Å²) in [7, 11) is 0. The van der Waals surface area contributed by atoms with Gasteiger partial charge in [-0.15, -0.1) is 12.3 Å². The van der Waals surface area contributed by atoms with Crippen molar-refractivity contribution in [2.75, 3.05) is 6.54 Å². The van der Waals surface area contributed by atoms with E-state index < -0.39 is 11.7 Å². The van der Waals surface area contributed by atoms with E-state index in [4.69, 9.17) is 6.42 Å². The molecule has 0 bridgehead atoms. The lowest BCUT2D eigenvalue weighted by molar-refractivity contribution is -0.137. The monoisotopic (exact) mass is 283 g/mol. The Labute approximate surface area is 118 Å². The smallest absolute Gasteiger partial charge is 0.314 e. The highest BCUT2D eigenvalue weighted by Crippen LogP contribution is 2.29. The van der Waals surface area contributed by atoms with Gasteiger partial charge < -0.3 is 5.32 Å². The van der Waals surface area contributed by atoms with Crippen LogP contribution in [0.3, 0.4) is 0 Å². The van der Waals surface area contributed by atoms with Crippen molar-refractivity contribution in [1.82, 2.24) is 5.32 Å². The Hall–Kier alpha value is -1.47. The molecule has 0 aliphatic carbocycles. The van der Waals surface area contributed by atoms with Gasteiger partial charge in [0.25, 0.3) is 0 Å². The number of terminal acetylenes is 1. The second kappa shape index (κ2) is 7.96. The van der Waals surface area contributed by atoms with Gasteiger partial charge in [-0.3, -0.25) is 0 Å². The molecule has 0 amide bonds. The number of halogens is 3. The summed E-state index contributed by atoms with van der Waals surface area (Å²) >= 11 is 0. The molecule has 1 rings (SSSR count). The van der Waals surface area contributed by atoms with Crippen LogP contribution >= 0.6 is 0 Å². The minimum atomic E-state index is -4.28. The predicted molar refractivity (Wildman–Crippen MR) is 75.3 cm³/mol. The topological polar surface area (TPSA) is 12.0 Å². The van der Waals surface area contributed by atoms with Gasteiger partial charge in [-0.1, -0.05) is 19.1 Å². The summed E-state index contributed by atoms with van der Waals surface area (Å²) < 4.78 is 37.4. The summed E-state index contributed by atoms with van der Waals surface area (Å²) in [6.45, 7) is 2.96. The summed E-state index contributed by atoms with van der Waals surface area (Å²) in [5.74, 6) is 2.60. The summed E-state index contributed by atoms with van der Waals surface area (Å²) in [6, 6.07) is 5.56. The number of benzene rings is 1. The summed E-state index contributed by atoms with van der Waals surface area (Å²) in [6.07, 6.45) is 4.20. The third-order valence-electron chi connectivity index (χ3n) is 3.08. The van der Waals surface area contributed by atoms with Crippen LogP contribution < -0.4 is 5.32 Å². The molecule has 1 aromatic carbocycles. The lowest BCUT2D eigenvalue weighted by Crippen LogP contribution is -2.31. The number of hydrogen-bond donors (Lipinski definition) is 1. The van der Waals surface area contributed by atoms with Crippen molar-refractivity contribution < 1.29 is 13.2 Å². The van der Waals surface area contributed by atoms with Gasteiger partial charge in [0.2, 0.25) is 0 Å². The molecule has 1 nitrogen and oxygen atoms in total. The molecule has 0 spiro atoms. The van der Waals surface area contributed by atoms with E-state index in [-0.39, 0.29) is 6.04 Å². The number of hydrogen-bond acceptors (Lipinski definition) is 1. The van der Waals surface area contributed by atoms with Crippen LogP contribution in [0.5, 0.6) is 0 Å². The summed E-state index contributed by atoms with van der Waals surface area (Å²) in [4.78, 5) is 0. The van der Waals surface area contributed by atoms with E-state index in [1.54, 1.807) is 12.1 Å². The van der Waals surface area contributed by atoms with Crippen molar-refractivity contribution in [3.63, 3.8) is 0 Å². The fraction of sp³-hybridized carbons (Fsp3) is 0.500. The normalized spacial score (nSPS) is 12.9. The maximum atomic E-state index is 12.5. The second-order valence-electron chi connectivity index (χ2n) is 4.79. The standard InChI is InChI=1S/C16H20F3N/c1-3-5-6-15(20-11-4-2)12-13-7-9-14(10-8-13)16(17,18)19/h1,7-10,15,20H,4-6,11-12H2,2H3. The van der Waals surface area contributed by atoms with E-state index in [0.29, 0.717) is 12.8 Å². The molecule has 0 aromatic heterocycles. The molecule has 4 heteroatoms. The highest BCUT2D eigenvalue weighted by atomic mass is 19.4. The highest BCUT2D eigenvalue weighted by molar-refractivity contribution is 5.25. The lowest BCUT2D eigenvalue weighted by atomic mass is 10.0.